The van der Waals surface area contributed by atoms with Gasteiger partial charge in [-0.1, -0.05) is 32.4 Å². The molecule has 1 aromatic heterocycles. The number of nitrogens with one attached hydrogen (secondary N) is 2. The highest BCUT2D eigenvalue weighted by atomic mass is 35.5. The largest absolute Gasteiger partial charge is 0.322 e. The first-order valence-corrected chi connectivity index (χ1v) is 11.3. The molecule has 3 aromatic rings. The first-order chi connectivity index (χ1) is 16.5. The molecule has 0 radical (unpaired) electrons. The van der Waals surface area contributed by atoms with Gasteiger partial charge in [0.1, 0.15) is 12.4 Å². The van der Waals surface area contributed by atoms with Gasteiger partial charge in [0.05, 0.1) is 16.3 Å². The summed E-state index contributed by atoms with van der Waals surface area (Å²) in [7, 11) is 0. The Morgan fingerprint density at radius 1 is 1.09 bits per heavy atom. The summed E-state index contributed by atoms with van der Waals surface area (Å²) in [5.41, 5.74) is 1.56. The summed E-state index contributed by atoms with van der Waals surface area (Å²) in [5.74, 6) is 0.0651. The Morgan fingerprint density at radius 3 is 2.26 bits per heavy atom. The average molecular weight is 499 g/mol. The topological polar surface area (TPSA) is 122 Å². The van der Waals surface area contributed by atoms with Gasteiger partial charge in [0.25, 0.3) is 5.69 Å². The standard InChI is InChI=1S/C24H27ClN6O4/c1-5-29(23(33)26-17-8-12-19(13-9-17)31(34)35)15-22(32)27-21-14-20(24(2,3)4)28-30(21)18-10-6-16(25)7-11-18/h6-14H,5,15H2,1-4H3,(H,26,33)(H,27,32). The molecule has 0 fully saturated rings. The van der Waals surface area contributed by atoms with Crippen molar-refractivity contribution in [1.29, 1.82) is 0 Å². The fraction of sp³-hybridized carbons (Fsp3) is 0.292. The van der Waals surface area contributed by atoms with Crippen molar-refractivity contribution in [3.63, 3.8) is 0 Å². The quantitative estimate of drug-likeness (QED) is 0.341. The lowest BCUT2D eigenvalue weighted by atomic mass is 9.92. The molecule has 0 spiro atoms. The van der Waals surface area contributed by atoms with Crippen LogP contribution in [0.5, 0.6) is 0 Å². The van der Waals surface area contributed by atoms with Gasteiger partial charge in [0.2, 0.25) is 5.91 Å². The number of nitro benzene ring substituents is 1. The summed E-state index contributed by atoms with van der Waals surface area (Å²) in [6.07, 6.45) is 0. The molecule has 11 heteroatoms. The predicted octanol–water partition coefficient (Wildman–Crippen LogP) is 5.22. The highest BCUT2D eigenvalue weighted by molar-refractivity contribution is 6.30. The fourth-order valence-corrected chi connectivity index (χ4v) is 3.29. The number of nitrogens with zero attached hydrogens (tertiary/aromatic N) is 4. The molecule has 10 nitrogen and oxygen atoms in total. The van der Waals surface area contributed by atoms with Gasteiger partial charge in [-0.05, 0) is 43.3 Å². The van der Waals surface area contributed by atoms with Crippen molar-refractivity contribution in [2.24, 2.45) is 0 Å². The Labute approximate surface area is 208 Å². The molecule has 0 saturated heterocycles. The molecule has 1 heterocycles. The van der Waals surface area contributed by atoms with E-state index >= 15 is 0 Å². The lowest BCUT2D eigenvalue weighted by Gasteiger charge is -2.21. The summed E-state index contributed by atoms with van der Waals surface area (Å²) in [5, 5.41) is 21.5. The minimum absolute atomic E-state index is 0.0818. The van der Waals surface area contributed by atoms with Gasteiger partial charge in [-0.15, -0.1) is 0 Å². The Bertz CT molecular complexity index is 1220. The van der Waals surface area contributed by atoms with Crippen LogP contribution < -0.4 is 10.6 Å². The van der Waals surface area contributed by atoms with Crippen LogP contribution in [-0.4, -0.2) is 44.6 Å². The molecule has 0 aliphatic carbocycles. The Hall–Kier alpha value is -3.92. The van der Waals surface area contributed by atoms with E-state index in [1.54, 1.807) is 41.9 Å². The monoisotopic (exact) mass is 498 g/mol. The molecule has 35 heavy (non-hydrogen) atoms. The second-order valence-electron chi connectivity index (χ2n) is 8.85. The van der Waals surface area contributed by atoms with Crippen molar-refractivity contribution in [3.05, 3.63) is 75.4 Å². The number of urea groups is 1. The van der Waals surface area contributed by atoms with Crippen molar-refractivity contribution in [3.8, 4) is 5.69 Å². The normalized spacial score (nSPS) is 11.1. The van der Waals surface area contributed by atoms with Gasteiger partial charge >= 0.3 is 6.03 Å². The number of halogens is 1. The van der Waals surface area contributed by atoms with E-state index in [-0.39, 0.29) is 24.2 Å². The van der Waals surface area contributed by atoms with E-state index in [0.717, 1.165) is 11.4 Å². The molecule has 0 aliphatic heterocycles. The Kier molecular flexibility index (Phi) is 7.75. The number of carbonyl (C=O) groups excluding carboxylic acids is 2. The van der Waals surface area contributed by atoms with E-state index in [0.29, 0.717) is 16.5 Å². The van der Waals surface area contributed by atoms with E-state index in [9.17, 15) is 19.7 Å². The lowest BCUT2D eigenvalue weighted by molar-refractivity contribution is -0.384. The van der Waals surface area contributed by atoms with Crippen molar-refractivity contribution in [1.82, 2.24) is 14.7 Å². The van der Waals surface area contributed by atoms with Crippen molar-refractivity contribution < 1.29 is 14.5 Å². The van der Waals surface area contributed by atoms with Crippen LogP contribution in [0.1, 0.15) is 33.4 Å². The molecule has 2 N–H and O–H groups in total. The third kappa shape index (κ3) is 6.57. The van der Waals surface area contributed by atoms with Crippen molar-refractivity contribution >= 4 is 40.7 Å². The fourth-order valence-electron chi connectivity index (χ4n) is 3.17. The summed E-state index contributed by atoms with van der Waals surface area (Å²) < 4.78 is 1.63. The molecule has 3 rings (SSSR count). The van der Waals surface area contributed by atoms with Gasteiger partial charge < -0.3 is 15.5 Å². The number of non-ortho nitro benzene ring substituents is 1. The number of nitro groups is 1. The minimum Gasteiger partial charge on any atom is -0.315 e. The van der Waals surface area contributed by atoms with E-state index in [1.165, 1.54) is 29.2 Å². The van der Waals surface area contributed by atoms with Crippen LogP contribution in [0.4, 0.5) is 22.0 Å². The molecule has 0 saturated carbocycles. The molecule has 0 bridgehead atoms. The molecule has 3 amide bonds. The second-order valence-corrected chi connectivity index (χ2v) is 9.29. The van der Waals surface area contributed by atoms with Crippen LogP contribution in [0.25, 0.3) is 5.69 Å². The molecule has 184 valence electrons. The zero-order valence-corrected chi connectivity index (χ0v) is 20.7. The molecular formula is C24H27ClN6O4. The van der Waals surface area contributed by atoms with Gasteiger partial charge in [-0.2, -0.15) is 5.10 Å². The summed E-state index contributed by atoms with van der Waals surface area (Å²) in [6.45, 7) is 7.89. The van der Waals surface area contributed by atoms with E-state index in [2.05, 4.69) is 15.7 Å². The summed E-state index contributed by atoms with van der Waals surface area (Å²) in [4.78, 5) is 37.2. The maximum absolute atomic E-state index is 12.9. The van der Waals surface area contributed by atoms with Crippen molar-refractivity contribution in [2.45, 2.75) is 33.1 Å². The highest BCUT2D eigenvalue weighted by Crippen LogP contribution is 2.27. The third-order valence-electron chi connectivity index (χ3n) is 5.15. The van der Waals surface area contributed by atoms with E-state index < -0.39 is 16.9 Å². The number of hydrogen-bond donors (Lipinski definition) is 2. The maximum Gasteiger partial charge on any atom is 0.322 e. The van der Waals surface area contributed by atoms with Crippen LogP contribution >= 0.6 is 11.6 Å². The molecule has 0 aliphatic rings. The van der Waals surface area contributed by atoms with Crippen LogP contribution in [0.2, 0.25) is 5.02 Å². The summed E-state index contributed by atoms with van der Waals surface area (Å²) in [6, 6.07) is 13.8. The minimum atomic E-state index is -0.520. The Balaban J connectivity index is 1.74. The number of amides is 3. The number of likely N-dealkylation sites (N-methyl/N-ethyl adjacent to an activating group) is 1. The molecule has 0 unspecified atom stereocenters. The first kappa shape index (κ1) is 25.7. The van der Waals surface area contributed by atoms with Crippen LogP contribution in [-0.2, 0) is 10.2 Å². The van der Waals surface area contributed by atoms with E-state index in [4.69, 9.17) is 11.6 Å². The smallest absolute Gasteiger partial charge is 0.315 e. The molecule has 2 aromatic carbocycles. The predicted molar refractivity (Wildman–Crippen MR) is 135 cm³/mol. The zero-order valence-electron chi connectivity index (χ0n) is 19.9. The number of anilines is 2. The van der Waals surface area contributed by atoms with Crippen LogP contribution in [0, 0.1) is 10.1 Å². The highest BCUT2D eigenvalue weighted by Gasteiger charge is 2.23. The lowest BCUT2D eigenvalue weighted by Crippen LogP contribution is -2.40. The van der Waals surface area contributed by atoms with Crippen LogP contribution in [0.3, 0.4) is 0 Å². The van der Waals surface area contributed by atoms with E-state index in [1.807, 2.05) is 20.8 Å². The third-order valence-corrected chi connectivity index (χ3v) is 5.40. The number of rotatable bonds is 7. The number of aromatic nitrogens is 2. The SMILES string of the molecule is CCN(CC(=O)Nc1cc(C(C)(C)C)nn1-c1ccc(Cl)cc1)C(=O)Nc1ccc([N+](=O)[O-])cc1. The van der Waals surface area contributed by atoms with Gasteiger partial charge in [-0.25, -0.2) is 9.48 Å². The van der Waals surface area contributed by atoms with Crippen molar-refractivity contribution in [2.75, 3.05) is 23.7 Å². The van der Waals surface area contributed by atoms with Gasteiger partial charge in [-0.3, -0.25) is 14.9 Å². The molecule has 0 atom stereocenters. The van der Waals surface area contributed by atoms with Gasteiger partial charge in [0.15, 0.2) is 0 Å². The Morgan fingerprint density at radius 2 is 1.71 bits per heavy atom. The zero-order chi connectivity index (χ0) is 25.8. The number of carbonyl (C=O) groups is 2. The van der Waals surface area contributed by atoms with Crippen LogP contribution in [0.15, 0.2) is 54.6 Å². The second kappa shape index (κ2) is 10.6. The number of benzene rings is 2. The maximum atomic E-state index is 12.9. The molecular weight excluding hydrogens is 472 g/mol. The average Bonchev–Trinajstić information content (AvgIpc) is 3.22. The van der Waals surface area contributed by atoms with Gasteiger partial charge in [0, 0.05) is 40.9 Å². The first-order valence-electron chi connectivity index (χ1n) is 10.9. The summed E-state index contributed by atoms with van der Waals surface area (Å²) >= 11 is 6.01. The number of hydrogen-bond acceptors (Lipinski definition) is 5.